The smallest absolute Gasteiger partial charge is 0.248 e. The van der Waals surface area contributed by atoms with Crippen LogP contribution in [0.4, 0.5) is 0 Å². The van der Waals surface area contributed by atoms with Gasteiger partial charge >= 0.3 is 0 Å². The first-order valence-corrected chi connectivity index (χ1v) is 9.62. The van der Waals surface area contributed by atoms with Crippen LogP contribution in [0.1, 0.15) is 24.2 Å². The van der Waals surface area contributed by atoms with Crippen LogP contribution < -0.4 is 9.47 Å². The van der Waals surface area contributed by atoms with Gasteiger partial charge in [0.1, 0.15) is 18.1 Å². The Labute approximate surface area is 162 Å². The molecule has 3 aliphatic rings. The van der Waals surface area contributed by atoms with Crippen molar-refractivity contribution in [3.63, 3.8) is 0 Å². The first-order valence-electron chi connectivity index (χ1n) is 9.62. The fourth-order valence-corrected chi connectivity index (χ4v) is 3.84. The zero-order valence-electron chi connectivity index (χ0n) is 15.5. The molecular weight excluding hydrogens is 364 g/mol. The zero-order chi connectivity index (χ0) is 18.9. The molecule has 2 aromatic rings. The fraction of sp³-hybridized carbons (Fsp3) is 0.500. The summed E-state index contributed by atoms with van der Waals surface area (Å²) in [6.07, 6.45) is 2.83. The molecule has 0 saturated carbocycles. The van der Waals surface area contributed by atoms with Crippen LogP contribution in [-0.4, -0.2) is 55.2 Å². The van der Waals surface area contributed by atoms with Crippen molar-refractivity contribution < 1.29 is 28.3 Å². The number of benzene rings is 1. The Kier molecular flexibility index (Phi) is 4.66. The van der Waals surface area contributed by atoms with Gasteiger partial charge in [-0.15, -0.1) is 0 Å². The summed E-state index contributed by atoms with van der Waals surface area (Å²) in [5, 5.41) is 4.24. The monoisotopic (exact) mass is 386 g/mol. The van der Waals surface area contributed by atoms with E-state index in [4.69, 9.17) is 23.5 Å². The predicted octanol–water partition coefficient (Wildman–Crippen LogP) is 2.15. The molecule has 0 radical (unpaired) electrons. The molecule has 1 saturated heterocycles. The fourth-order valence-electron chi connectivity index (χ4n) is 3.84. The molecule has 1 atom stereocenters. The van der Waals surface area contributed by atoms with Crippen molar-refractivity contribution in [2.45, 2.75) is 31.9 Å². The van der Waals surface area contributed by atoms with Crippen LogP contribution in [0.5, 0.6) is 11.5 Å². The second-order valence-corrected chi connectivity index (χ2v) is 7.22. The topological polar surface area (TPSA) is 83.3 Å². The maximum absolute atomic E-state index is 12.6. The summed E-state index contributed by atoms with van der Waals surface area (Å²) in [6, 6.07) is 5.69. The quantitative estimate of drug-likeness (QED) is 0.779. The van der Waals surface area contributed by atoms with Crippen molar-refractivity contribution in [2.75, 3.05) is 33.2 Å². The molecule has 8 heteroatoms. The normalized spacial score (nSPS) is 20.4. The van der Waals surface area contributed by atoms with E-state index in [0.717, 1.165) is 47.8 Å². The number of carbonyl (C=O) groups is 1. The number of nitrogens with zero attached hydrogens (tertiary/aromatic N) is 2. The summed E-state index contributed by atoms with van der Waals surface area (Å²) in [7, 11) is 0. The van der Waals surface area contributed by atoms with Crippen LogP contribution in [0, 0.1) is 0 Å². The molecule has 4 heterocycles. The molecule has 3 aliphatic heterocycles. The molecule has 0 spiro atoms. The van der Waals surface area contributed by atoms with E-state index < -0.39 is 0 Å². The summed E-state index contributed by atoms with van der Waals surface area (Å²) in [5.74, 6) is 2.22. The van der Waals surface area contributed by atoms with E-state index in [0.29, 0.717) is 31.9 Å². The van der Waals surface area contributed by atoms with E-state index in [1.165, 1.54) is 0 Å². The number of hydrogen-bond donors (Lipinski definition) is 0. The van der Waals surface area contributed by atoms with Crippen LogP contribution in [0.15, 0.2) is 22.7 Å². The number of amides is 1. The lowest BCUT2D eigenvalue weighted by molar-refractivity contribution is -0.138. The molecular formula is C20H22N2O6. The van der Waals surface area contributed by atoms with Crippen LogP contribution >= 0.6 is 0 Å². The van der Waals surface area contributed by atoms with Crippen LogP contribution in [0.2, 0.25) is 0 Å². The summed E-state index contributed by atoms with van der Waals surface area (Å²) in [6.45, 7) is 2.62. The van der Waals surface area contributed by atoms with Gasteiger partial charge in [0.15, 0.2) is 11.5 Å². The molecule has 5 rings (SSSR count). The highest BCUT2D eigenvalue weighted by Gasteiger charge is 2.28. The molecule has 0 unspecified atom stereocenters. The van der Waals surface area contributed by atoms with E-state index in [-0.39, 0.29) is 25.4 Å². The first kappa shape index (κ1) is 17.5. The molecule has 1 aromatic heterocycles. The van der Waals surface area contributed by atoms with Crippen molar-refractivity contribution >= 4 is 5.91 Å². The standard InChI is InChI=1S/C20H22N2O6/c23-19(11-24-10-14-2-1-7-25-14)22-6-5-16-15(9-22)20(21-28-16)13-3-4-17-18(8-13)27-12-26-17/h3-4,8,14H,1-2,5-7,9-12H2/t14-/m1/s1. The predicted molar refractivity (Wildman–Crippen MR) is 97.0 cm³/mol. The summed E-state index contributed by atoms with van der Waals surface area (Å²) >= 11 is 0. The third-order valence-electron chi connectivity index (χ3n) is 5.38. The minimum atomic E-state index is -0.0264. The van der Waals surface area contributed by atoms with E-state index in [2.05, 4.69) is 5.16 Å². The number of rotatable bonds is 5. The molecule has 0 bridgehead atoms. The molecule has 148 valence electrons. The largest absolute Gasteiger partial charge is 0.454 e. The Bertz CT molecular complexity index is 874. The second kappa shape index (κ2) is 7.44. The lowest BCUT2D eigenvalue weighted by Gasteiger charge is -2.26. The van der Waals surface area contributed by atoms with Crippen LogP contribution in [0.3, 0.4) is 0 Å². The van der Waals surface area contributed by atoms with Gasteiger partial charge in [0.05, 0.1) is 19.3 Å². The number of aromatic nitrogens is 1. The average Bonchev–Trinajstić information content (AvgIpc) is 3.46. The minimum absolute atomic E-state index is 0.0264. The highest BCUT2D eigenvalue weighted by molar-refractivity contribution is 5.78. The van der Waals surface area contributed by atoms with Gasteiger partial charge in [-0.1, -0.05) is 5.16 Å². The third-order valence-corrected chi connectivity index (χ3v) is 5.38. The van der Waals surface area contributed by atoms with Gasteiger partial charge in [0.25, 0.3) is 0 Å². The number of ether oxygens (including phenoxy) is 4. The molecule has 1 amide bonds. The Balaban J connectivity index is 1.26. The highest BCUT2D eigenvalue weighted by Crippen LogP contribution is 2.38. The Morgan fingerprint density at radius 3 is 3.11 bits per heavy atom. The van der Waals surface area contributed by atoms with Crippen LogP contribution in [-0.2, 0) is 27.2 Å². The Hall–Kier alpha value is -2.58. The van der Waals surface area contributed by atoms with Crippen molar-refractivity contribution in [3.05, 3.63) is 29.5 Å². The van der Waals surface area contributed by atoms with E-state index in [9.17, 15) is 4.79 Å². The molecule has 1 aromatic carbocycles. The van der Waals surface area contributed by atoms with Gasteiger partial charge in [0.2, 0.25) is 12.7 Å². The van der Waals surface area contributed by atoms with Gasteiger partial charge < -0.3 is 28.4 Å². The summed E-state index contributed by atoms with van der Waals surface area (Å²) < 4.78 is 27.5. The number of carbonyl (C=O) groups excluding carboxylic acids is 1. The van der Waals surface area contributed by atoms with E-state index >= 15 is 0 Å². The van der Waals surface area contributed by atoms with Crippen molar-refractivity contribution in [2.24, 2.45) is 0 Å². The Morgan fingerprint density at radius 2 is 2.21 bits per heavy atom. The number of hydrogen-bond acceptors (Lipinski definition) is 7. The van der Waals surface area contributed by atoms with E-state index in [1.807, 2.05) is 18.2 Å². The minimum Gasteiger partial charge on any atom is -0.454 e. The van der Waals surface area contributed by atoms with Gasteiger partial charge in [-0.3, -0.25) is 4.79 Å². The van der Waals surface area contributed by atoms with Crippen molar-refractivity contribution in [1.29, 1.82) is 0 Å². The average molecular weight is 386 g/mol. The van der Waals surface area contributed by atoms with Crippen LogP contribution in [0.25, 0.3) is 11.3 Å². The van der Waals surface area contributed by atoms with Crippen molar-refractivity contribution in [3.8, 4) is 22.8 Å². The molecule has 8 nitrogen and oxygen atoms in total. The molecule has 28 heavy (non-hydrogen) atoms. The van der Waals surface area contributed by atoms with Crippen molar-refractivity contribution in [1.82, 2.24) is 10.1 Å². The summed E-state index contributed by atoms with van der Waals surface area (Å²) in [5.41, 5.74) is 2.57. The van der Waals surface area contributed by atoms with Gasteiger partial charge in [0, 0.05) is 30.7 Å². The second-order valence-electron chi connectivity index (χ2n) is 7.22. The van der Waals surface area contributed by atoms with E-state index in [1.54, 1.807) is 4.90 Å². The highest BCUT2D eigenvalue weighted by atomic mass is 16.7. The molecule has 0 aliphatic carbocycles. The van der Waals surface area contributed by atoms with Gasteiger partial charge in [-0.25, -0.2) is 0 Å². The molecule has 1 fully saturated rings. The Morgan fingerprint density at radius 1 is 1.29 bits per heavy atom. The first-order chi connectivity index (χ1) is 13.8. The summed E-state index contributed by atoms with van der Waals surface area (Å²) in [4.78, 5) is 14.4. The van der Waals surface area contributed by atoms with Gasteiger partial charge in [-0.2, -0.15) is 0 Å². The SMILES string of the molecule is O=C(COC[C@H]1CCCO1)N1CCc2onc(-c3ccc4c(c3)OCO4)c2C1. The third kappa shape index (κ3) is 3.33. The maximum atomic E-state index is 12.6. The van der Waals surface area contributed by atoms with Gasteiger partial charge in [-0.05, 0) is 31.0 Å². The molecule has 0 N–H and O–H groups in total. The maximum Gasteiger partial charge on any atom is 0.248 e. The number of fused-ring (bicyclic) bond motifs is 2. The zero-order valence-corrected chi connectivity index (χ0v) is 15.5. The lowest BCUT2D eigenvalue weighted by Crippen LogP contribution is -2.38. The lowest BCUT2D eigenvalue weighted by atomic mass is 10.0.